The molecule has 0 aliphatic carbocycles. The van der Waals surface area contributed by atoms with Crippen molar-refractivity contribution in [2.45, 2.75) is 19.3 Å². The number of carbonyl (C=O) groups is 1. The molecule has 4 rings (SSSR count). The molecule has 1 unspecified atom stereocenters. The van der Waals surface area contributed by atoms with Gasteiger partial charge in [-0.2, -0.15) is 18.3 Å². The third-order valence-corrected chi connectivity index (χ3v) is 4.78. The highest BCUT2D eigenvalue weighted by molar-refractivity contribution is 6.23. The van der Waals surface area contributed by atoms with Crippen LogP contribution in [0, 0.1) is 11.6 Å². The molecule has 0 spiro atoms. The molecule has 0 saturated carbocycles. The number of alkyl halides is 3. The highest BCUT2D eigenvalue weighted by atomic mass is 19.4. The molecule has 0 aromatic heterocycles. The summed E-state index contributed by atoms with van der Waals surface area (Å²) in [5.41, 5.74) is 0.741. The van der Waals surface area contributed by atoms with Crippen molar-refractivity contribution in [3.63, 3.8) is 0 Å². The lowest BCUT2D eigenvalue weighted by molar-refractivity contribution is -0.137. The number of carbonyl (C=O) groups excluding carboxylic acids is 1. The summed E-state index contributed by atoms with van der Waals surface area (Å²) >= 11 is 0. The number of hydrazone groups is 1. The lowest BCUT2D eigenvalue weighted by Gasteiger charge is -2.35. The molecule has 2 aliphatic rings. The Hall–Kier alpha value is -3.49. The summed E-state index contributed by atoms with van der Waals surface area (Å²) in [6.07, 6.45) is -2.46. The molecule has 0 bridgehead atoms. The number of nitrogens with zero attached hydrogens (tertiary/aromatic N) is 2. The average Bonchev–Trinajstić information content (AvgIpc) is 2.68. The maximum Gasteiger partial charge on any atom is 0.416 e. The molecule has 9 heteroatoms. The molecule has 4 nitrogen and oxygen atoms in total. The first kappa shape index (κ1) is 19.8. The van der Waals surface area contributed by atoms with E-state index in [-0.39, 0.29) is 5.56 Å². The van der Waals surface area contributed by atoms with Crippen molar-refractivity contribution in [1.29, 1.82) is 0 Å². The van der Waals surface area contributed by atoms with Gasteiger partial charge in [0.15, 0.2) is 0 Å². The summed E-state index contributed by atoms with van der Waals surface area (Å²) in [5, 5.41) is 8.36. The summed E-state index contributed by atoms with van der Waals surface area (Å²) < 4.78 is 65.8. The molecule has 1 N–H and O–H groups in total. The number of hydrogen-bond acceptors (Lipinski definition) is 3. The summed E-state index contributed by atoms with van der Waals surface area (Å²) in [6, 6.07) is 7.51. The van der Waals surface area contributed by atoms with E-state index in [1.807, 2.05) is 0 Å². The second kappa shape index (κ2) is 7.08. The molecular weight excluding hydrogens is 405 g/mol. The van der Waals surface area contributed by atoms with Crippen molar-refractivity contribution in [3.8, 4) is 0 Å². The Morgan fingerprint density at radius 3 is 2.40 bits per heavy atom. The van der Waals surface area contributed by atoms with E-state index in [9.17, 15) is 26.7 Å². The van der Waals surface area contributed by atoms with Crippen LogP contribution in [-0.2, 0) is 11.0 Å². The SMILES string of the molecule is CC1=NN2C(=O)C=C(c3ccc(C(F)(F)F)cc3)NC2C=C1c1ccc(F)cc1F. The molecule has 2 heterocycles. The third kappa shape index (κ3) is 3.58. The van der Waals surface area contributed by atoms with Crippen LogP contribution < -0.4 is 5.32 Å². The highest BCUT2D eigenvalue weighted by Gasteiger charge is 2.33. The van der Waals surface area contributed by atoms with Crippen LogP contribution in [-0.4, -0.2) is 22.8 Å². The minimum atomic E-state index is -4.47. The number of allylic oxidation sites excluding steroid dienone is 1. The summed E-state index contributed by atoms with van der Waals surface area (Å²) in [4.78, 5) is 12.5. The Balaban J connectivity index is 1.67. The van der Waals surface area contributed by atoms with Gasteiger partial charge in [0.05, 0.1) is 11.3 Å². The fourth-order valence-electron chi connectivity index (χ4n) is 3.30. The van der Waals surface area contributed by atoms with E-state index in [0.29, 0.717) is 22.5 Å². The molecule has 154 valence electrons. The van der Waals surface area contributed by atoms with Crippen LogP contribution in [0.5, 0.6) is 0 Å². The molecule has 1 amide bonds. The van der Waals surface area contributed by atoms with E-state index in [2.05, 4.69) is 10.4 Å². The van der Waals surface area contributed by atoms with E-state index in [1.165, 1.54) is 24.3 Å². The van der Waals surface area contributed by atoms with Crippen molar-refractivity contribution >= 4 is 22.9 Å². The quantitative estimate of drug-likeness (QED) is 0.726. The Kier molecular flexibility index (Phi) is 4.68. The molecule has 2 aliphatic heterocycles. The van der Waals surface area contributed by atoms with E-state index in [0.717, 1.165) is 29.3 Å². The Bertz CT molecular complexity index is 1120. The Morgan fingerprint density at radius 2 is 1.77 bits per heavy atom. The van der Waals surface area contributed by atoms with Gasteiger partial charge in [-0.1, -0.05) is 12.1 Å². The largest absolute Gasteiger partial charge is 0.416 e. The third-order valence-electron chi connectivity index (χ3n) is 4.78. The van der Waals surface area contributed by atoms with Gasteiger partial charge in [0.2, 0.25) is 0 Å². The Morgan fingerprint density at radius 1 is 1.07 bits per heavy atom. The van der Waals surface area contributed by atoms with Gasteiger partial charge in [-0.05, 0) is 42.8 Å². The first-order valence-corrected chi connectivity index (χ1v) is 8.85. The first-order chi connectivity index (χ1) is 14.1. The van der Waals surface area contributed by atoms with Gasteiger partial charge in [0.25, 0.3) is 5.91 Å². The number of halogens is 5. The van der Waals surface area contributed by atoms with Crippen molar-refractivity contribution in [2.75, 3.05) is 0 Å². The normalized spacial score (nSPS) is 18.9. The van der Waals surface area contributed by atoms with Crippen molar-refractivity contribution in [2.24, 2.45) is 5.10 Å². The van der Waals surface area contributed by atoms with Gasteiger partial charge < -0.3 is 5.32 Å². The molecule has 2 aromatic rings. The minimum Gasteiger partial charge on any atom is -0.360 e. The van der Waals surface area contributed by atoms with Crippen LogP contribution in [0.15, 0.2) is 59.7 Å². The molecule has 0 radical (unpaired) electrons. The summed E-state index contributed by atoms with van der Waals surface area (Å²) in [7, 11) is 0. The van der Waals surface area contributed by atoms with E-state index in [1.54, 1.807) is 13.0 Å². The van der Waals surface area contributed by atoms with Crippen molar-refractivity contribution in [1.82, 2.24) is 10.3 Å². The van der Waals surface area contributed by atoms with Crippen LogP contribution in [0.1, 0.15) is 23.6 Å². The van der Waals surface area contributed by atoms with Crippen molar-refractivity contribution < 1.29 is 26.7 Å². The maximum absolute atomic E-state index is 14.2. The Labute approximate surface area is 168 Å². The van der Waals surface area contributed by atoms with Gasteiger partial charge in [-0.3, -0.25) is 4.79 Å². The van der Waals surface area contributed by atoms with Crippen LogP contribution in [0.3, 0.4) is 0 Å². The van der Waals surface area contributed by atoms with Crippen LogP contribution >= 0.6 is 0 Å². The number of rotatable bonds is 2. The van der Waals surface area contributed by atoms with E-state index < -0.39 is 35.4 Å². The fraction of sp³-hybridized carbons (Fsp3) is 0.143. The van der Waals surface area contributed by atoms with Gasteiger partial charge in [-0.25, -0.2) is 13.8 Å². The topological polar surface area (TPSA) is 44.7 Å². The fourth-order valence-corrected chi connectivity index (χ4v) is 3.30. The zero-order valence-electron chi connectivity index (χ0n) is 15.5. The lowest BCUT2D eigenvalue weighted by Crippen LogP contribution is -2.49. The molecule has 2 aromatic carbocycles. The minimum absolute atomic E-state index is 0.122. The van der Waals surface area contributed by atoms with Gasteiger partial charge in [0, 0.05) is 29.0 Å². The van der Waals surface area contributed by atoms with Gasteiger partial charge in [0.1, 0.15) is 17.8 Å². The lowest BCUT2D eigenvalue weighted by atomic mass is 9.98. The number of benzene rings is 2. The standard InChI is InChI=1S/C21H14F5N3O/c1-11-16(15-7-6-14(22)8-17(15)23)9-19-27-18(10-20(30)29(19)28-11)12-2-4-13(5-3-12)21(24,25)26/h2-10,19,27H,1H3. The predicted molar refractivity (Wildman–Crippen MR) is 101 cm³/mol. The summed E-state index contributed by atoms with van der Waals surface area (Å²) in [5.74, 6) is -1.98. The maximum atomic E-state index is 14.2. The zero-order chi connectivity index (χ0) is 21.6. The molecule has 1 atom stereocenters. The van der Waals surface area contributed by atoms with Crippen LogP contribution in [0.2, 0.25) is 0 Å². The number of nitrogens with one attached hydrogen (secondary N) is 1. The van der Waals surface area contributed by atoms with E-state index in [4.69, 9.17) is 0 Å². The monoisotopic (exact) mass is 419 g/mol. The van der Waals surface area contributed by atoms with Crippen LogP contribution in [0.25, 0.3) is 11.3 Å². The smallest absolute Gasteiger partial charge is 0.360 e. The number of hydrogen-bond donors (Lipinski definition) is 1. The average molecular weight is 419 g/mol. The van der Waals surface area contributed by atoms with Gasteiger partial charge in [-0.15, -0.1) is 0 Å². The van der Waals surface area contributed by atoms with E-state index >= 15 is 0 Å². The van der Waals surface area contributed by atoms with Crippen LogP contribution in [0.4, 0.5) is 22.0 Å². The predicted octanol–water partition coefficient (Wildman–Crippen LogP) is 4.56. The summed E-state index contributed by atoms with van der Waals surface area (Å²) in [6.45, 7) is 1.59. The number of amides is 1. The van der Waals surface area contributed by atoms with Gasteiger partial charge >= 0.3 is 6.18 Å². The molecule has 0 saturated heterocycles. The second-order valence-electron chi connectivity index (χ2n) is 6.80. The molecule has 30 heavy (non-hydrogen) atoms. The molecular formula is C21H14F5N3O. The first-order valence-electron chi connectivity index (χ1n) is 8.85. The molecule has 0 fully saturated rings. The second-order valence-corrected chi connectivity index (χ2v) is 6.80. The van der Waals surface area contributed by atoms with Crippen molar-refractivity contribution in [3.05, 3.63) is 82.9 Å². The zero-order valence-corrected chi connectivity index (χ0v) is 15.5. The highest BCUT2D eigenvalue weighted by Crippen LogP contribution is 2.32. The number of fused-ring (bicyclic) bond motifs is 1.